The minimum atomic E-state index is -1.74. The van der Waals surface area contributed by atoms with Crippen LogP contribution < -0.4 is 10.4 Å². The SMILES string of the molecule is CC1=Cc2c(C)c3c(cc2=C1[Si](C)(C)C1C=Cc2ccccc21)SC(Br)C=3. The molecule has 2 atom stereocenters. The average molecular weight is 452 g/mol. The van der Waals surface area contributed by atoms with E-state index >= 15 is 0 Å². The van der Waals surface area contributed by atoms with E-state index < -0.39 is 8.07 Å². The highest BCUT2D eigenvalue weighted by molar-refractivity contribution is 9.11. The summed E-state index contributed by atoms with van der Waals surface area (Å²) in [4.78, 5) is 1.43. The first kappa shape index (κ1) is 17.8. The van der Waals surface area contributed by atoms with Crippen molar-refractivity contribution in [1.82, 2.24) is 0 Å². The van der Waals surface area contributed by atoms with Gasteiger partial charge in [0.05, 0.1) is 12.2 Å². The fourth-order valence-corrected chi connectivity index (χ4v) is 11.0. The average Bonchev–Trinajstić information content (AvgIpc) is 3.29. The predicted molar refractivity (Wildman–Crippen MR) is 126 cm³/mol. The molecule has 0 bridgehead atoms. The van der Waals surface area contributed by atoms with E-state index in [1.807, 2.05) is 11.8 Å². The molecular formula is C24H23BrSSi. The summed E-state index contributed by atoms with van der Waals surface area (Å²) in [5, 5.41) is 4.57. The Kier molecular flexibility index (Phi) is 4.02. The molecule has 2 aliphatic carbocycles. The minimum Gasteiger partial charge on any atom is -0.106 e. The first-order chi connectivity index (χ1) is 12.9. The highest BCUT2D eigenvalue weighted by atomic mass is 79.9. The molecule has 1 heterocycles. The Hall–Kier alpha value is -1.29. The normalized spacial score (nSPS) is 22.4. The van der Waals surface area contributed by atoms with Gasteiger partial charge in [-0.05, 0) is 57.8 Å². The Balaban J connectivity index is 1.75. The van der Waals surface area contributed by atoms with Gasteiger partial charge in [0.1, 0.15) is 0 Å². The van der Waals surface area contributed by atoms with Gasteiger partial charge in [-0.1, -0.05) is 83.2 Å². The van der Waals surface area contributed by atoms with Gasteiger partial charge in [0.25, 0.3) is 0 Å². The summed E-state index contributed by atoms with van der Waals surface area (Å²) < 4.78 is 0.400. The molecule has 2 aromatic rings. The smallest absolute Gasteiger partial charge is 0.0931 e. The van der Waals surface area contributed by atoms with Crippen LogP contribution in [0.25, 0.3) is 23.4 Å². The van der Waals surface area contributed by atoms with E-state index in [0.717, 1.165) is 0 Å². The van der Waals surface area contributed by atoms with Gasteiger partial charge in [0.2, 0.25) is 0 Å². The highest BCUT2D eigenvalue weighted by Gasteiger charge is 2.40. The molecule has 2 unspecified atom stereocenters. The second-order valence-electron chi connectivity index (χ2n) is 8.40. The predicted octanol–water partition coefficient (Wildman–Crippen LogP) is 5.77. The zero-order valence-electron chi connectivity index (χ0n) is 16.1. The van der Waals surface area contributed by atoms with E-state index in [1.54, 1.807) is 5.20 Å². The molecular weight excluding hydrogens is 428 g/mol. The monoisotopic (exact) mass is 450 g/mol. The third kappa shape index (κ3) is 2.55. The fourth-order valence-electron chi connectivity index (χ4n) is 5.19. The van der Waals surface area contributed by atoms with Gasteiger partial charge in [-0.25, -0.2) is 0 Å². The highest BCUT2D eigenvalue weighted by Crippen LogP contribution is 2.44. The molecule has 0 spiro atoms. The lowest BCUT2D eigenvalue weighted by Gasteiger charge is -2.32. The zero-order valence-corrected chi connectivity index (χ0v) is 19.5. The molecule has 0 aromatic heterocycles. The molecule has 3 aliphatic rings. The molecule has 3 heteroatoms. The maximum atomic E-state index is 3.77. The van der Waals surface area contributed by atoms with Crippen LogP contribution in [0.3, 0.4) is 0 Å². The van der Waals surface area contributed by atoms with Crippen LogP contribution in [-0.4, -0.2) is 12.2 Å². The van der Waals surface area contributed by atoms with Gasteiger partial charge in [-0.3, -0.25) is 0 Å². The molecule has 0 fully saturated rings. The van der Waals surface area contributed by atoms with Crippen molar-refractivity contribution in [2.45, 2.75) is 41.5 Å². The third-order valence-corrected chi connectivity index (χ3v) is 12.2. The van der Waals surface area contributed by atoms with E-state index in [4.69, 9.17) is 0 Å². The van der Waals surface area contributed by atoms with Gasteiger partial charge in [-0.15, -0.1) is 11.8 Å². The number of alkyl halides is 1. The largest absolute Gasteiger partial charge is 0.106 e. The van der Waals surface area contributed by atoms with Crippen molar-refractivity contribution in [3.8, 4) is 0 Å². The Bertz CT molecular complexity index is 1170. The van der Waals surface area contributed by atoms with Crippen LogP contribution in [0.4, 0.5) is 0 Å². The zero-order chi connectivity index (χ0) is 18.9. The van der Waals surface area contributed by atoms with Crippen LogP contribution in [0.1, 0.15) is 34.7 Å². The Labute approximate surface area is 174 Å². The second kappa shape index (κ2) is 6.10. The summed E-state index contributed by atoms with van der Waals surface area (Å²) in [5.74, 6) is 0. The van der Waals surface area contributed by atoms with Gasteiger partial charge in [-0.2, -0.15) is 0 Å². The number of allylic oxidation sites excluding steroid dienone is 2. The summed E-state index contributed by atoms with van der Waals surface area (Å²) in [6.45, 7) is 9.73. The van der Waals surface area contributed by atoms with Crippen LogP contribution in [0.15, 0.2) is 46.9 Å². The quantitative estimate of drug-likeness (QED) is 0.413. The topological polar surface area (TPSA) is 0 Å². The van der Waals surface area contributed by atoms with Crippen LogP contribution >= 0.6 is 27.7 Å². The van der Waals surface area contributed by atoms with Gasteiger partial charge < -0.3 is 0 Å². The number of benzene rings is 2. The lowest BCUT2D eigenvalue weighted by Crippen LogP contribution is -2.39. The van der Waals surface area contributed by atoms with Crippen molar-refractivity contribution < 1.29 is 0 Å². The third-order valence-electron chi connectivity index (χ3n) is 6.42. The second-order valence-corrected chi connectivity index (χ2v) is 15.7. The number of hydrogen-bond acceptors (Lipinski definition) is 1. The van der Waals surface area contributed by atoms with E-state index in [2.05, 4.69) is 97.5 Å². The molecule has 0 N–H and O–H groups in total. The molecule has 1 aliphatic heterocycles. The molecule has 0 saturated carbocycles. The van der Waals surface area contributed by atoms with Crippen molar-refractivity contribution >= 4 is 59.2 Å². The number of thioether (sulfide) groups is 1. The van der Waals surface area contributed by atoms with Crippen LogP contribution in [0, 0.1) is 6.92 Å². The van der Waals surface area contributed by atoms with E-state index in [-0.39, 0.29) is 0 Å². The van der Waals surface area contributed by atoms with Crippen LogP contribution in [-0.2, 0) is 0 Å². The van der Waals surface area contributed by atoms with Crippen molar-refractivity contribution in [3.63, 3.8) is 0 Å². The summed E-state index contributed by atoms with van der Waals surface area (Å²) in [7, 11) is -1.74. The Morgan fingerprint density at radius 2 is 1.89 bits per heavy atom. The van der Waals surface area contributed by atoms with Crippen molar-refractivity contribution in [1.29, 1.82) is 0 Å². The van der Waals surface area contributed by atoms with Crippen molar-refractivity contribution in [3.05, 3.63) is 74.7 Å². The first-order valence-corrected chi connectivity index (χ1v) is 14.4. The first-order valence-electron chi connectivity index (χ1n) is 9.54. The van der Waals surface area contributed by atoms with Gasteiger partial charge in [0.15, 0.2) is 0 Å². The van der Waals surface area contributed by atoms with E-state index in [1.165, 1.54) is 43.2 Å². The van der Waals surface area contributed by atoms with Gasteiger partial charge >= 0.3 is 0 Å². The van der Waals surface area contributed by atoms with E-state index in [0.29, 0.717) is 9.70 Å². The number of halogens is 1. The molecule has 2 aromatic carbocycles. The molecule has 5 rings (SSSR count). The molecule has 0 amide bonds. The van der Waals surface area contributed by atoms with E-state index in [9.17, 15) is 0 Å². The van der Waals surface area contributed by atoms with Crippen LogP contribution in [0.2, 0.25) is 13.1 Å². The molecule has 0 nitrogen and oxygen atoms in total. The molecule has 0 saturated heterocycles. The van der Waals surface area contributed by atoms with Gasteiger partial charge in [0, 0.05) is 10.4 Å². The Morgan fingerprint density at radius 3 is 2.70 bits per heavy atom. The summed E-state index contributed by atoms with van der Waals surface area (Å²) in [5.41, 5.74) is 7.85. The number of rotatable bonds is 2. The van der Waals surface area contributed by atoms with Crippen molar-refractivity contribution in [2.24, 2.45) is 0 Å². The van der Waals surface area contributed by atoms with Crippen LogP contribution in [0.5, 0.6) is 0 Å². The maximum absolute atomic E-state index is 3.77. The molecule has 136 valence electrons. The summed E-state index contributed by atoms with van der Waals surface area (Å²) in [6, 6.07) is 11.4. The Morgan fingerprint density at radius 1 is 1.11 bits per heavy atom. The summed E-state index contributed by atoms with van der Waals surface area (Å²) >= 11 is 5.70. The molecule has 27 heavy (non-hydrogen) atoms. The number of fused-ring (bicyclic) bond motifs is 3. The fraction of sp³-hybridized carbons (Fsp3) is 0.250. The van der Waals surface area contributed by atoms with Crippen molar-refractivity contribution in [2.75, 3.05) is 0 Å². The molecule has 0 radical (unpaired) electrons. The summed E-state index contributed by atoms with van der Waals surface area (Å²) in [6.07, 6.45) is 9.60. The lowest BCUT2D eigenvalue weighted by atomic mass is 10.1. The maximum Gasteiger partial charge on any atom is 0.0931 e. The lowest BCUT2D eigenvalue weighted by molar-refractivity contribution is 1.17. The standard InChI is InChI=1S/C24H23BrSSi/c1-14-11-18-15(2)19-13-23(25)26-21(19)12-20(18)24(14)27(3,4)22-10-9-16-7-5-6-8-17(16)22/h5-13,22-23H,1-4H3. The minimum absolute atomic E-state index is 0.400. The number of hydrogen-bond donors (Lipinski definition) is 0.